The highest BCUT2D eigenvalue weighted by Gasteiger charge is 2.30. The van der Waals surface area contributed by atoms with Gasteiger partial charge in [-0.25, -0.2) is 4.98 Å². The van der Waals surface area contributed by atoms with Crippen molar-refractivity contribution in [1.29, 1.82) is 0 Å². The van der Waals surface area contributed by atoms with Gasteiger partial charge in [-0.2, -0.15) is 18.2 Å². The smallest absolute Gasteiger partial charge is 0.354 e. The number of rotatable bonds is 5. The predicted molar refractivity (Wildman–Crippen MR) is 75.5 cm³/mol. The van der Waals surface area contributed by atoms with Crippen LogP contribution in [0.5, 0.6) is 0 Å². The van der Waals surface area contributed by atoms with Gasteiger partial charge < -0.3 is 10.2 Å². The normalized spacial score (nSPS) is 11.8. The average molecular weight is 304 g/mol. The number of anilines is 2. The Hall–Kier alpha value is -1.57. The van der Waals surface area contributed by atoms with Crippen LogP contribution < -0.4 is 10.2 Å². The summed E-state index contributed by atoms with van der Waals surface area (Å²) in [5.74, 6) is 0.665. The van der Waals surface area contributed by atoms with Crippen molar-refractivity contribution in [2.75, 3.05) is 30.4 Å². The molecule has 0 spiro atoms. The number of thiophene rings is 1. The molecule has 2 rings (SSSR count). The lowest BCUT2D eigenvalue weighted by Crippen LogP contribution is -2.31. The van der Waals surface area contributed by atoms with Crippen molar-refractivity contribution in [2.45, 2.75) is 19.5 Å². The minimum absolute atomic E-state index is 0.298. The third-order valence-corrected chi connectivity index (χ3v) is 3.42. The molecule has 0 aromatic carbocycles. The van der Waals surface area contributed by atoms with Gasteiger partial charge in [0, 0.05) is 13.6 Å². The highest BCUT2D eigenvalue weighted by atomic mass is 32.1. The van der Waals surface area contributed by atoms with Gasteiger partial charge in [-0.05, 0) is 17.9 Å². The van der Waals surface area contributed by atoms with Crippen molar-refractivity contribution in [3.63, 3.8) is 0 Å². The molecule has 2 aromatic heterocycles. The second kappa shape index (κ2) is 5.82. The molecule has 0 unspecified atom stereocenters. The Kier molecular flexibility index (Phi) is 4.32. The van der Waals surface area contributed by atoms with Crippen LogP contribution in [0.4, 0.5) is 24.9 Å². The van der Waals surface area contributed by atoms with Crippen molar-refractivity contribution in [2.24, 2.45) is 0 Å². The highest BCUT2D eigenvalue weighted by molar-refractivity contribution is 7.16. The van der Waals surface area contributed by atoms with E-state index in [0.29, 0.717) is 28.5 Å². The van der Waals surface area contributed by atoms with Gasteiger partial charge in [-0.1, -0.05) is 6.92 Å². The van der Waals surface area contributed by atoms with Crippen LogP contribution in [-0.4, -0.2) is 36.3 Å². The topological polar surface area (TPSA) is 41.1 Å². The molecule has 0 aliphatic rings. The molecule has 0 amide bonds. The Labute approximate surface area is 118 Å². The van der Waals surface area contributed by atoms with E-state index in [4.69, 9.17) is 0 Å². The van der Waals surface area contributed by atoms with Crippen LogP contribution >= 0.6 is 11.3 Å². The van der Waals surface area contributed by atoms with Gasteiger partial charge in [0.2, 0.25) is 5.95 Å². The Morgan fingerprint density at radius 1 is 1.35 bits per heavy atom. The van der Waals surface area contributed by atoms with E-state index in [2.05, 4.69) is 15.3 Å². The van der Waals surface area contributed by atoms with Gasteiger partial charge in [0.05, 0.1) is 5.39 Å². The van der Waals surface area contributed by atoms with Crippen LogP contribution in [-0.2, 0) is 0 Å². The third-order valence-electron chi connectivity index (χ3n) is 2.62. The molecule has 2 aromatic rings. The number of aromatic nitrogens is 2. The van der Waals surface area contributed by atoms with Crippen molar-refractivity contribution in [3.05, 3.63) is 11.4 Å². The number of fused-ring (bicyclic) bond motifs is 1. The summed E-state index contributed by atoms with van der Waals surface area (Å²) in [6.45, 7) is 1.63. The second-order valence-electron chi connectivity index (χ2n) is 4.41. The minimum Gasteiger partial charge on any atom is -0.354 e. The first-order chi connectivity index (χ1) is 9.40. The van der Waals surface area contributed by atoms with Crippen LogP contribution in [0.15, 0.2) is 11.4 Å². The predicted octanol–water partition coefficient (Wildman–Crippen LogP) is 3.51. The molecule has 8 heteroatoms. The van der Waals surface area contributed by atoms with E-state index in [1.54, 1.807) is 11.4 Å². The summed E-state index contributed by atoms with van der Waals surface area (Å²) >= 11 is 1.39. The Balaban J connectivity index is 2.36. The molecule has 0 atom stereocenters. The SMILES string of the molecule is CCCNc1nc(N(C)CC(F)(F)F)c2ccsc2n1. The monoisotopic (exact) mass is 304 g/mol. The van der Waals surface area contributed by atoms with Gasteiger partial charge in [-0.3, -0.25) is 0 Å². The van der Waals surface area contributed by atoms with E-state index in [0.717, 1.165) is 11.3 Å². The van der Waals surface area contributed by atoms with E-state index in [1.165, 1.54) is 18.4 Å². The van der Waals surface area contributed by atoms with E-state index < -0.39 is 12.7 Å². The molecule has 110 valence electrons. The fourth-order valence-corrected chi connectivity index (χ4v) is 2.55. The van der Waals surface area contributed by atoms with Gasteiger partial charge in [-0.15, -0.1) is 11.3 Å². The summed E-state index contributed by atoms with van der Waals surface area (Å²) in [6.07, 6.45) is -3.38. The second-order valence-corrected chi connectivity index (χ2v) is 5.30. The quantitative estimate of drug-likeness (QED) is 0.918. The number of nitrogens with one attached hydrogen (secondary N) is 1. The summed E-state index contributed by atoms with van der Waals surface area (Å²) in [4.78, 5) is 10.3. The van der Waals surface area contributed by atoms with Gasteiger partial charge in [0.1, 0.15) is 17.2 Å². The molecular formula is C12H15F3N4S. The molecule has 0 aliphatic heterocycles. The maximum Gasteiger partial charge on any atom is 0.405 e. The fraction of sp³-hybridized carbons (Fsp3) is 0.500. The zero-order chi connectivity index (χ0) is 14.8. The first kappa shape index (κ1) is 14.8. The third kappa shape index (κ3) is 3.50. The highest BCUT2D eigenvalue weighted by Crippen LogP contribution is 2.30. The molecule has 2 heterocycles. The molecule has 0 bridgehead atoms. The summed E-state index contributed by atoms with van der Waals surface area (Å²) in [6, 6.07) is 1.74. The van der Waals surface area contributed by atoms with Crippen LogP contribution in [0.2, 0.25) is 0 Å². The molecule has 0 radical (unpaired) electrons. The molecule has 0 saturated heterocycles. The van der Waals surface area contributed by atoms with E-state index in [9.17, 15) is 13.2 Å². The maximum atomic E-state index is 12.5. The molecule has 1 N–H and O–H groups in total. The summed E-state index contributed by atoms with van der Waals surface area (Å²) in [5, 5.41) is 5.45. The minimum atomic E-state index is -4.26. The Bertz CT molecular complexity index is 582. The Morgan fingerprint density at radius 2 is 2.10 bits per heavy atom. The van der Waals surface area contributed by atoms with Crippen molar-refractivity contribution in [1.82, 2.24) is 9.97 Å². The molecule has 20 heavy (non-hydrogen) atoms. The summed E-state index contributed by atoms with van der Waals surface area (Å²) < 4.78 is 37.6. The first-order valence-corrected chi connectivity index (χ1v) is 7.05. The summed E-state index contributed by atoms with van der Waals surface area (Å²) in [5.41, 5.74) is 0. The molecule has 4 nitrogen and oxygen atoms in total. The fourth-order valence-electron chi connectivity index (χ4n) is 1.79. The number of hydrogen-bond donors (Lipinski definition) is 1. The van der Waals surface area contributed by atoms with Crippen molar-refractivity contribution < 1.29 is 13.2 Å². The van der Waals surface area contributed by atoms with Crippen LogP contribution in [0.1, 0.15) is 13.3 Å². The largest absolute Gasteiger partial charge is 0.405 e. The Morgan fingerprint density at radius 3 is 2.75 bits per heavy atom. The van der Waals surface area contributed by atoms with Crippen LogP contribution in [0.3, 0.4) is 0 Å². The zero-order valence-electron chi connectivity index (χ0n) is 11.2. The lowest BCUT2D eigenvalue weighted by Gasteiger charge is -2.21. The van der Waals surface area contributed by atoms with Gasteiger partial charge in [0.15, 0.2) is 0 Å². The van der Waals surface area contributed by atoms with Crippen molar-refractivity contribution in [3.8, 4) is 0 Å². The number of nitrogens with zero attached hydrogens (tertiary/aromatic N) is 3. The van der Waals surface area contributed by atoms with E-state index in [1.807, 2.05) is 6.92 Å². The number of halogens is 3. The first-order valence-electron chi connectivity index (χ1n) is 6.17. The molecular weight excluding hydrogens is 289 g/mol. The van der Waals surface area contributed by atoms with Crippen LogP contribution in [0.25, 0.3) is 10.2 Å². The lowest BCUT2D eigenvalue weighted by atomic mass is 10.3. The molecule has 0 saturated carbocycles. The van der Waals surface area contributed by atoms with Crippen LogP contribution in [0, 0.1) is 0 Å². The molecule has 0 aliphatic carbocycles. The van der Waals surface area contributed by atoms with E-state index >= 15 is 0 Å². The number of hydrogen-bond acceptors (Lipinski definition) is 5. The average Bonchev–Trinajstić information content (AvgIpc) is 2.81. The summed E-state index contributed by atoms with van der Waals surface area (Å²) in [7, 11) is 1.39. The zero-order valence-corrected chi connectivity index (χ0v) is 12.0. The number of alkyl halides is 3. The van der Waals surface area contributed by atoms with Gasteiger partial charge in [0.25, 0.3) is 0 Å². The van der Waals surface area contributed by atoms with E-state index in [-0.39, 0.29) is 0 Å². The van der Waals surface area contributed by atoms with Crippen molar-refractivity contribution >= 4 is 33.3 Å². The maximum absolute atomic E-state index is 12.5. The standard InChI is InChI=1S/C12H15F3N4S/c1-3-5-16-11-17-9(19(2)7-12(13,14)15)8-4-6-20-10(8)18-11/h4,6H,3,5,7H2,1-2H3,(H,16,17,18). The van der Waals surface area contributed by atoms with Gasteiger partial charge >= 0.3 is 6.18 Å². The molecule has 0 fully saturated rings. The lowest BCUT2D eigenvalue weighted by molar-refractivity contribution is -0.119.